The van der Waals surface area contributed by atoms with Gasteiger partial charge in [0.1, 0.15) is 24.2 Å². The second-order valence-electron chi connectivity index (χ2n) is 6.25. The molecule has 0 aliphatic rings. The Morgan fingerprint density at radius 1 is 1.21 bits per heavy atom. The first-order valence-corrected chi connectivity index (χ1v) is 9.02. The number of ether oxygens (including phenoxy) is 1. The van der Waals surface area contributed by atoms with Gasteiger partial charge in [-0.25, -0.2) is 4.98 Å². The molecule has 0 unspecified atom stereocenters. The van der Waals surface area contributed by atoms with Crippen molar-refractivity contribution in [1.82, 2.24) is 14.9 Å². The van der Waals surface area contributed by atoms with E-state index in [4.69, 9.17) is 4.74 Å². The van der Waals surface area contributed by atoms with Gasteiger partial charge < -0.3 is 14.6 Å². The molecule has 142 valence electrons. The molecule has 3 rings (SSSR count). The first-order valence-electron chi connectivity index (χ1n) is 9.02. The molecule has 0 radical (unpaired) electrons. The molecular weight excluding hydrogens is 350 g/mol. The molecule has 5 nitrogen and oxygen atoms in total. The molecule has 5 heteroatoms. The first-order chi connectivity index (χ1) is 13.7. The Balaban J connectivity index is 1.71. The van der Waals surface area contributed by atoms with Gasteiger partial charge in [0.2, 0.25) is 5.91 Å². The second-order valence-corrected chi connectivity index (χ2v) is 6.25. The largest absolute Gasteiger partial charge is 0.490 e. The van der Waals surface area contributed by atoms with E-state index < -0.39 is 0 Å². The maximum atomic E-state index is 12.5. The fourth-order valence-corrected chi connectivity index (χ4v) is 2.79. The van der Waals surface area contributed by atoms with E-state index in [1.807, 2.05) is 72.4 Å². The minimum Gasteiger partial charge on any atom is -0.490 e. The van der Waals surface area contributed by atoms with E-state index in [0.717, 1.165) is 22.7 Å². The summed E-state index contributed by atoms with van der Waals surface area (Å²) in [6.07, 6.45) is 8.58. The van der Waals surface area contributed by atoms with Crippen molar-refractivity contribution in [1.29, 1.82) is 0 Å². The van der Waals surface area contributed by atoms with Crippen LogP contribution in [0.3, 0.4) is 0 Å². The summed E-state index contributed by atoms with van der Waals surface area (Å²) in [6.45, 7) is 4.09. The van der Waals surface area contributed by atoms with Gasteiger partial charge in [-0.2, -0.15) is 0 Å². The first kappa shape index (κ1) is 19.2. The molecule has 1 aromatic heterocycles. The Bertz CT molecular complexity index is 943. The molecular formula is C23H23N3O2. The Morgan fingerprint density at radius 2 is 1.96 bits per heavy atom. The number of aromatic nitrogens is 2. The zero-order valence-electron chi connectivity index (χ0n) is 15.8. The molecule has 0 saturated carbocycles. The Hall–Kier alpha value is -3.60. The lowest BCUT2D eigenvalue weighted by molar-refractivity contribution is -0.117. The molecule has 3 aromatic rings. The van der Waals surface area contributed by atoms with E-state index in [1.165, 1.54) is 6.08 Å². The molecule has 0 aliphatic carbocycles. The summed E-state index contributed by atoms with van der Waals surface area (Å²) in [5.41, 5.74) is 1.89. The highest BCUT2D eigenvalue weighted by Gasteiger charge is 2.19. The maximum Gasteiger partial charge on any atom is 0.244 e. The number of benzene rings is 2. The number of amides is 1. The van der Waals surface area contributed by atoms with Gasteiger partial charge in [-0.05, 0) is 29.3 Å². The maximum absolute atomic E-state index is 12.5. The van der Waals surface area contributed by atoms with Gasteiger partial charge in [0.25, 0.3) is 0 Å². The SMILES string of the molecule is C=CCOc1ccc(/C=C/C(=O)N[C@H](c2ccccc2)c2nccn2C)cc1. The number of nitrogens with zero attached hydrogens (tertiary/aromatic N) is 2. The number of nitrogens with one attached hydrogen (secondary N) is 1. The van der Waals surface area contributed by atoms with Crippen LogP contribution in [0.15, 0.2) is 85.7 Å². The van der Waals surface area contributed by atoms with Crippen LogP contribution in [0.25, 0.3) is 6.08 Å². The fourth-order valence-electron chi connectivity index (χ4n) is 2.79. The van der Waals surface area contributed by atoms with Gasteiger partial charge in [0, 0.05) is 25.5 Å². The fraction of sp³-hybridized carbons (Fsp3) is 0.130. The molecule has 1 amide bonds. The molecule has 0 saturated heterocycles. The van der Waals surface area contributed by atoms with Gasteiger partial charge in [0.05, 0.1) is 0 Å². The molecule has 2 aromatic carbocycles. The average Bonchev–Trinajstić information content (AvgIpc) is 3.16. The minimum atomic E-state index is -0.326. The van der Waals surface area contributed by atoms with Crippen LogP contribution in [-0.2, 0) is 11.8 Å². The lowest BCUT2D eigenvalue weighted by atomic mass is 10.1. The van der Waals surface area contributed by atoms with Crippen molar-refractivity contribution in [3.63, 3.8) is 0 Å². The monoisotopic (exact) mass is 373 g/mol. The highest BCUT2D eigenvalue weighted by atomic mass is 16.5. The van der Waals surface area contributed by atoms with Crippen LogP contribution in [0.4, 0.5) is 0 Å². The van der Waals surface area contributed by atoms with Crippen molar-refractivity contribution in [2.24, 2.45) is 7.05 Å². The van der Waals surface area contributed by atoms with Gasteiger partial charge in [0.15, 0.2) is 0 Å². The Morgan fingerprint density at radius 3 is 2.61 bits per heavy atom. The lowest BCUT2D eigenvalue weighted by Crippen LogP contribution is -2.29. The van der Waals surface area contributed by atoms with E-state index in [9.17, 15) is 4.79 Å². The normalized spacial score (nSPS) is 11.9. The van der Waals surface area contributed by atoms with Crippen molar-refractivity contribution in [3.8, 4) is 5.75 Å². The van der Waals surface area contributed by atoms with E-state index >= 15 is 0 Å². The van der Waals surface area contributed by atoms with Crippen molar-refractivity contribution in [2.75, 3.05) is 6.61 Å². The molecule has 0 spiro atoms. The molecule has 1 N–H and O–H groups in total. The van der Waals surface area contributed by atoms with Gasteiger partial charge in [-0.3, -0.25) is 4.79 Å². The summed E-state index contributed by atoms with van der Waals surface area (Å²) in [5, 5.41) is 3.04. The lowest BCUT2D eigenvalue weighted by Gasteiger charge is -2.18. The number of carbonyl (C=O) groups excluding carboxylic acids is 1. The summed E-state index contributed by atoms with van der Waals surface area (Å²) < 4.78 is 7.37. The third kappa shape index (κ3) is 4.98. The van der Waals surface area contributed by atoms with E-state index in [-0.39, 0.29) is 11.9 Å². The number of hydrogen-bond donors (Lipinski definition) is 1. The van der Waals surface area contributed by atoms with Crippen LogP contribution in [-0.4, -0.2) is 22.1 Å². The highest BCUT2D eigenvalue weighted by molar-refractivity contribution is 5.92. The predicted molar refractivity (Wildman–Crippen MR) is 111 cm³/mol. The summed E-state index contributed by atoms with van der Waals surface area (Å²) in [7, 11) is 1.91. The van der Waals surface area contributed by atoms with Crippen LogP contribution >= 0.6 is 0 Å². The third-order valence-corrected chi connectivity index (χ3v) is 4.21. The Labute approximate surface area is 165 Å². The second kappa shape index (κ2) is 9.37. The van der Waals surface area contributed by atoms with Gasteiger partial charge in [-0.15, -0.1) is 0 Å². The quantitative estimate of drug-likeness (QED) is 0.481. The topological polar surface area (TPSA) is 56.1 Å². The molecule has 0 aliphatic heterocycles. The Kier molecular flexibility index (Phi) is 6.41. The van der Waals surface area contributed by atoms with Crippen LogP contribution in [0.2, 0.25) is 0 Å². The van der Waals surface area contributed by atoms with Gasteiger partial charge >= 0.3 is 0 Å². The van der Waals surface area contributed by atoms with Crippen LogP contribution in [0.1, 0.15) is 23.0 Å². The molecule has 0 fully saturated rings. The summed E-state index contributed by atoms with van der Waals surface area (Å²) >= 11 is 0. The van der Waals surface area contributed by atoms with Crippen molar-refractivity contribution in [3.05, 3.63) is 103 Å². The summed E-state index contributed by atoms with van der Waals surface area (Å²) in [6, 6.07) is 17.0. The molecule has 1 atom stereocenters. The smallest absolute Gasteiger partial charge is 0.244 e. The van der Waals surface area contributed by atoms with Crippen molar-refractivity contribution >= 4 is 12.0 Å². The van der Waals surface area contributed by atoms with Crippen molar-refractivity contribution < 1.29 is 9.53 Å². The van der Waals surface area contributed by atoms with E-state index in [2.05, 4.69) is 16.9 Å². The number of imidazole rings is 1. The average molecular weight is 373 g/mol. The van der Waals surface area contributed by atoms with E-state index in [1.54, 1.807) is 18.3 Å². The zero-order chi connectivity index (χ0) is 19.8. The minimum absolute atomic E-state index is 0.191. The molecule has 0 bridgehead atoms. The summed E-state index contributed by atoms with van der Waals surface area (Å²) in [5.74, 6) is 1.35. The van der Waals surface area contributed by atoms with Gasteiger partial charge in [-0.1, -0.05) is 55.1 Å². The number of hydrogen-bond acceptors (Lipinski definition) is 3. The van der Waals surface area contributed by atoms with E-state index in [0.29, 0.717) is 6.61 Å². The van der Waals surface area contributed by atoms with Crippen molar-refractivity contribution in [2.45, 2.75) is 6.04 Å². The molecule has 28 heavy (non-hydrogen) atoms. The van der Waals surface area contributed by atoms with Crippen LogP contribution < -0.4 is 10.1 Å². The third-order valence-electron chi connectivity index (χ3n) is 4.21. The predicted octanol–water partition coefficient (Wildman–Crippen LogP) is 3.90. The number of aryl methyl sites for hydroxylation is 1. The van der Waals surface area contributed by atoms with Crippen LogP contribution in [0.5, 0.6) is 5.75 Å². The standard InChI is InChI=1S/C23H23N3O2/c1-3-17-28-20-12-9-18(10-13-20)11-14-21(27)25-22(19-7-5-4-6-8-19)23-24-15-16-26(23)2/h3-16,22H,1,17H2,2H3,(H,25,27)/b14-11+/t22-/m1/s1. The zero-order valence-corrected chi connectivity index (χ0v) is 15.8. The van der Waals surface area contributed by atoms with Crippen LogP contribution in [0, 0.1) is 0 Å². The summed E-state index contributed by atoms with van der Waals surface area (Å²) in [4.78, 5) is 16.9. The highest BCUT2D eigenvalue weighted by Crippen LogP contribution is 2.20. The number of rotatable bonds is 8. The number of carbonyl (C=O) groups is 1. The molecule has 1 heterocycles.